The SMILES string of the molecule is COc1ccccc1C1=C(Nc2ccc(Cl)cc2C)C(=O)N(c2cc(C)cc(C)c2)C1=O. The van der Waals surface area contributed by atoms with Crippen molar-refractivity contribution >= 4 is 40.4 Å². The molecule has 5 nitrogen and oxygen atoms in total. The Balaban J connectivity index is 1.89. The van der Waals surface area contributed by atoms with Crippen LogP contribution in [0.4, 0.5) is 11.4 Å². The van der Waals surface area contributed by atoms with E-state index < -0.39 is 11.8 Å². The van der Waals surface area contributed by atoms with Crippen LogP contribution < -0.4 is 15.0 Å². The standard InChI is InChI=1S/C26H23ClN2O3/c1-15-11-16(2)13-19(12-15)29-25(30)23(20-7-5-6-8-22(20)32-4)24(26(29)31)28-21-10-9-18(27)14-17(21)3/h5-14,28H,1-4H3. The molecule has 4 rings (SSSR count). The molecule has 0 spiro atoms. The molecule has 0 unspecified atom stereocenters. The minimum Gasteiger partial charge on any atom is -0.496 e. The molecule has 3 aromatic carbocycles. The Morgan fingerprint density at radius 2 is 1.56 bits per heavy atom. The largest absolute Gasteiger partial charge is 0.496 e. The lowest BCUT2D eigenvalue weighted by Gasteiger charge is -2.17. The summed E-state index contributed by atoms with van der Waals surface area (Å²) in [5, 5.41) is 3.79. The number of para-hydroxylation sites is 1. The molecule has 6 heteroatoms. The Hall–Kier alpha value is -3.57. The molecule has 3 aromatic rings. The molecule has 0 aliphatic carbocycles. The molecule has 0 aromatic heterocycles. The number of hydrogen-bond acceptors (Lipinski definition) is 4. The average Bonchev–Trinajstić information content (AvgIpc) is 2.98. The molecule has 162 valence electrons. The number of carbonyl (C=O) groups is 2. The van der Waals surface area contributed by atoms with Gasteiger partial charge in [-0.25, -0.2) is 4.90 Å². The number of nitrogens with one attached hydrogen (secondary N) is 1. The second-order valence-electron chi connectivity index (χ2n) is 7.83. The van der Waals surface area contributed by atoms with Crippen LogP contribution in [-0.4, -0.2) is 18.9 Å². The van der Waals surface area contributed by atoms with Gasteiger partial charge in [-0.05, 0) is 73.9 Å². The van der Waals surface area contributed by atoms with E-state index in [2.05, 4.69) is 5.32 Å². The number of carbonyl (C=O) groups excluding carboxylic acids is 2. The highest BCUT2D eigenvalue weighted by atomic mass is 35.5. The van der Waals surface area contributed by atoms with Gasteiger partial charge in [0, 0.05) is 16.3 Å². The predicted molar refractivity (Wildman–Crippen MR) is 128 cm³/mol. The van der Waals surface area contributed by atoms with Gasteiger partial charge in [0.15, 0.2) is 0 Å². The van der Waals surface area contributed by atoms with E-state index in [1.165, 1.54) is 4.90 Å². The maximum Gasteiger partial charge on any atom is 0.282 e. The molecular weight excluding hydrogens is 424 g/mol. The smallest absolute Gasteiger partial charge is 0.282 e. The lowest BCUT2D eigenvalue weighted by molar-refractivity contribution is -0.120. The van der Waals surface area contributed by atoms with Gasteiger partial charge in [0.1, 0.15) is 11.4 Å². The summed E-state index contributed by atoms with van der Waals surface area (Å²) in [6, 6.07) is 18.2. The molecule has 1 aliphatic heterocycles. The summed E-state index contributed by atoms with van der Waals surface area (Å²) in [5.74, 6) is -0.313. The van der Waals surface area contributed by atoms with Gasteiger partial charge in [-0.1, -0.05) is 35.9 Å². The third-order valence-corrected chi connectivity index (χ3v) is 5.61. The van der Waals surface area contributed by atoms with Gasteiger partial charge in [-0.3, -0.25) is 9.59 Å². The number of benzene rings is 3. The zero-order valence-corrected chi connectivity index (χ0v) is 19.1. The quantitative estimate of drug-likeness (QED) is 0.513. The summed E-state index contributed by atoms with van der Waals surface area (Å²) >= 11 is 6.10. The molecule has 1 aliphatic rings. The maximum absolute atomic E-state index is 13.7. The Bertz CT molecular complexity index is 1260. The van der Waals surface area contributed by atoms with Crippen molar-refractivity contribution in [2.24, 2.45) is 0 Å². The summed E-state index contributed by atoms with van der Waals surface area (Å²) in [6.45, 7) is 5.76. The third-order valence-electron chi connectivity index (χ3n) is 5.37. The summed E-state index contributed by atoms with van der Waals surface area (Å²) in [5.41, 5.74) is 5.03. The molecular formula is C26H23ClN2O3. The number of hydrogen-bond donors (Lipinski definition) is 1. The Morgan fingerprint density at radius 1 is 0.875 bits per heavy atom. The van der Waals surface area contributed by atoms with Crippen molar-refractivity contribution in [3.05, 3.63) is 93.6 Å². The van der Waals surface area contributed by atoms with Gasteiger partial charge in [0.25, 0.3) is 11.8 Å². The van der Waals surface area contributed by atoms with Crippen molar-refractivity contribution < 1.29 is 14.3 Å². The number of anilines is 2. The second kappa shape index (κ2) is 8.52. The van der Waals surface area contributed by atoms with Crippen LogP contribution in [0.2, 0.25) is 5.02 Å². The van der Waals surface area contributed by atoms with Crippen molar-refractivity contribution in [2.45, 2.75) is 20.8 Å². The molecule has 0 saturated carbocycles. The summed E-state index contributed by atoms with van der Waals surface area (Å²) in [6.07, 6.45) is 0. The van der Waals surface area contributed by atoms with Crippen molar-refractivity contribution in [3.8, 4) is 5.75 Å². The highest BCUT2D eigenvalue weighted by molar-refractivity contribution is 6.46. The fraction of sp³-hybridized carbons (Fsp3) is 0.154. The number of rotatable bonds is 5. The summed E-state index contributed by atoms with van der Waals surface area (Å²) < 4.78 is 5.50. The average molecular weight is 447 g/mol. The van der Waals surface area contributed by atoms with Gasteiger partial charge in [0.2, 0.25) is 0 Å². The van der Waals surface area contributed by atoms with Crippen LogP contribution in [0.15, 0.2) is 66.4 Å². The highest BCUT2D eigenvalue weighted by Crippen LogP contribution is 2.38. The van der Waals surface area contributed by atoms with Crippen LogP contribution in [0.1, 0.15) is 22.3 Å². The number of amides is 2. The Kier molecular flexibility index (Phi) is 5.76. The van der Waals surface area contributed by atoms with Crippen LogP contribution >= 0.6 is 11.6 Å². The predicted octanol–water partition coefficient (Wildman–Crippen LogP) is 5.67. The van der Waals surface area contributed by atoms with E-state index in [9.17, 15) is 9.59 Å². The van der Waals surface area contributed by atoms with Gasteiger partial charge in [-0.15, -0.1) is 0 Å². The number of imide groups is 1. The molecule has 1 heterocycles. The monoisotopic (exact) mass is 446 g/mol. The summed E-state index contributed by atoms with van der Waals surface area (Å²) in [7, 11) is 1.54. The summed E-state index contributed by atoms with van der Waals surface area (Å²) in [4.78, 5) is 28.5. The topological polar surface area (TPSA) is 58.6 Å². The Morgan fingerprint density at radius 3 is 2.22 bits per heavy atom. The van der Waals surface area contributed by atoms with E-state index >= 15 is 0 Å². The van der Waals surface area contributed by atoms with E-state index in [-0.39, 0.29) is 11.3 Å². The van der Waals surface area contributed by atoms with E-state index in [1.54, 1.807) is 37.4 Å². The van der Waals surface area contributed by atoms with Gasteiger partial charge in [-0.2, -0.15) is 0 Å². The lowest BCUT2D eigenvalue weighted by Crippen LogP contribution is -2.32. The van der Waals surface area contributed by atoms with E-state index in [0.29, 0.717) is 27.7 Å². The fourth-order valence-electron chi connectivity index (χ4n) is 3.96. The van der Waals surface area contributed by atoms with E-state index in [4.69, 9.17) is 16.3 Å². The number of nitrogens with zero attached hydrogens (tertiary/aromatic N) is 1. The van der Waals surface area contributed by atoms with Gasteiger partial charge < -0.3 is 10.1 Å². The molecule has 0 radical (unpaired) electrons. The van der Waals surface area contributed by atoms with Crippen LogP contribution in [-0.2, 0) is 9.59 Å². The van der Waals surface area contributed by atoms with Crippen molar-refractivity contribution in [1.29, 1.82) is 0 Å². The molecule has 32 heavy (non-hydrogen) atoms. The first kappa shape index (κ1) is 21.7. The normalized spacial score (nSPS) is 13.7. The van der Waals surface area contributed by atoms with Crippen LogP contribution in [0.3, 0.4) is 0 Å². The lowest BCUT2D eigenvalue weighted by atomic mass is 10.0. The first-order chi connectivity index (χ1) is 15.3. The second-order valence-corrected chi connectivity index (χ2v) is 8.26. The minimum atomic E-state index is -0.421. The number of methoxy groups -OCH3 is 1. The molecule has 0 saturated heterocycles. The van der Waals surface area contributed by atoms with Crippen molar-refractivity contribution in [1.82, 2.24) is 0 Å². The fourth-order valence-corrected chi connectivity index (χ4v) is 4.19. The van der Waals surface area contributed by atoms with Crippen LogP contribution in [0, 0.1) is 20.8 Å². The zero-order chi connectivity index (χ0) is 23.0. The highest BCUT2D eigenvalue weighted by Gasteiger charge is 2.41. The molecule has 0 bridgehead atoms. The zero-order valence-electron chi connectivity index (χ0n) is 18.3. The number of aryl methyl sites for hydroxylation is 3. The van der Waals surface area contributed by atoms with E-state index in [0.717, 1.165) is 16.7 Å². The first-order valence-corrected chi connectivity index (χ1v) is 10.6. The van der Waals surface area contributed by atoms with E-state index in [1.807, 2.05) is 51.1 Å². The minimum absolute atomic E-state index is 0.198. The van der Waals surface area contributed by atoms with Crippen LogP contribution in [0.25, 0.3) is 5.57 Å². The number of ether oxygens (including phenoxy) is 1. The molecule has 2 amide bonds. The maximum atomic E-state index is 13.7. The first-order valence-electron chi connectivity index (χ1n) is 10.2. The van der Waals surface area contributed by atoms with Crippen molar-refractivity contribution in [3.63, 3.8) is 0 Å². The van der Waals surface area contributed by atoms with Gasteiger partial charge in [0.05, 0.1) is 18.4 Å². The number of halogens is 1. The molecule has 1 N–H and O–H groups in total. The van der Waals surface area contributed by atoms with Crippen molar-refractivity contribution in [2.75, 3.05) is 17.3 Å². The Labute approximate surface area is 192 Å². The third kappa shape index (κ3) is 3.87. The molecule has 0 atom stereocenters. The van der Waals surface area contributed by atoms with Crippen LogP contribution in [0.5, 0.6) is 5.75 Å². The van der Waals surface area contributed by atoms with Gasteiger partial charge >= 0.3 is 0 Å². The molecule has 0 fully saturated rings.